The van der Waals surface area contributed by atoms with E-state index >= 15 is 0 Å². The molecular weight excluding hydrogens is 311 g/mol. The second-order valence-electron chi connectivity index (χ2n) is 4.75. The number of halogens is 2. The first-order valence-corrected chi connectivity index (χ1v) is 7.38. The van der Waals surface area contributed by atoms with Crippen LogP contribution in [0.5, 0.6) is 0 Å². The smallest absolute Gasteiger partial charge is 0.223 e. The van der Waals surface area contributed by atoms with Crippen molar-refractivity contribution >= 4 is 21.8 Å². The average Bonchev–Trinajstić information content (AvgIpc) is 2.90. The van der Waals surface area contributed by atoms with E-state index in [2.05, 4.69) is 21.2 Å². The zero-order valence-electron chi connectivity index (χ0n) is 10.8. The zero-order chi connectivity index (χ0) is 13.7. The maximum absolute atomic E-state index is 12.9. The van der Waals surface area contributed by atoms with Gasteiger partial charge in [-0.2, -0.15) is 0 Å². The summed E-state index contributed by atoms with van der Waals surface area (Å²) in [5.41, 5.74) is 0.995. The molecule has 1 aliphatic heterocycles. The normalized spacial score (nSPS) is 14.9. The lowest BCUT2D eigenvalue weighted by Crippen LogP contribution is -2.30. The van der Waals surface area contributed by atoms with Crippen molar-refractivity contribution in [1.82, 2.24) is 10.2 Å². The Morgan fingerprint density at radius 3 is 2.79 bits per heavy atom. The minimum absolute atomic E-state index is 0.225. The molecule has 0 atom stereocenters. The molecule has 104 valence electrons. The van der Waals surface area contributed by atoms with Gasteiger partial charge in [0.1, 0.15) is 5.82 Å². The maximum atomic E-state index is 12.9. The number of likely N-dealkylation sites (tertiary alicyclic amines) is 1. The van der Waals surface area contributed by atoms with Crippen LogP contribution < -0.4 is 5.32 Å². The SMILES string of the molecule is O=C(CCNCc1ccc(F)cc1Br)N1CCCC1. The summed E-state index contributed by atoms with van der Waals surface area (Å²) in [6.07, 6.45) is 2.78. The molecule has 0 radical (unpaired) electrons. The number of nitrogens with one attached hydrogen (secondary N) is 1. The van der Waals surface area contributed by atoms with Gasteiger partial charge >= 0.3 is 0 Å². The molecule has 1 aliphatic rings. The molecule has 1 saturated heterocycles. The summed E-state index contributed by atoms with van der Waals surface area (Å²) in [6.45, 7) is 3.10. The topological polar surface area (TPSA) is 32.3 Å². The maximum Gasteiger partial charge on any atom is 0.223 e. The Morgan fingerprint density at radius 2 is 2.11 bits per heavy atom. The highest BCUT2D eigenvalue weighted by Crippen LogP contribution is 2.17. The highest BCUT2D eigenvalue weighted by Gasteiger charge is 2.16. The van der Waals surface area contributed by atoms with E-state index in [0.29, 0.717) is 19.5 Å². The van der Waals surface area contributed by atoms with Gasteiger partial charge in [-0.15, -0.1) is 0 Å². The van der Waals surface area contributed by atoms with E-state index in [9.17, 15) is 9.18 Å². The van der Waals surface area contributed by atoms with Gasteiger partial charge < -0.3 is 10.2 Å². The van der Waals surface area contributed by atoms with E-state index in [1.165, 1.54) is 12.1 Å². The minimum atomic E-state index is -0.250. The fourth-order valence-corrected chi connectivity index (χ4v) is 2.70. The first-order chi connectivity index (χ1) is 9.16. The molecule has 1 fully saturated rings. The number of hydrogen-bond donors (Lipinski definition) is 1. The van der Waals surface area contributed by atoms with E-state index < -0.39 is 0 Å². The number of nitrogens with zero attached hydrogens (tertiary/aromatic N) is 1. The Morgan fingerprint density at radius 1 is 1.37 bits per heavy atom. The number of benzene rings is 1. The van der Waals surface area contributed by atoms with Crippen molar-refractivity contribution in [3.63, 3.8) is 0 Å². The van der Waals surface area contributed by atoms with Crippen LogP contribution >= 0.6 is 15.9 Å². The molecule has 1 amide bonds. The lowest BCUT2D eigenvalue weighted by atomic mass is 10.2. The molecule has 0 aromatic heterocycles. The first-order valence-electron chi connectivity index (χ1n) is 6.59. The molecule has 19 heavy (non-hydrogen) atoms. The monoisotopic (exact) mass is 328 g/mol. The number of carbonyl (C=O) groups excluding carboxylic acids is 1. The molecule has 3 nitrogen and oxygen atoms in total. The van der Waals surface area contributed by atoms with Gasteiger partial charge in [-0.25, -0.2) is 4.39 Å². The van der Waals surface area contributed by atoms with Gasteiger partial charge in [0.2, 0.25) is 5.91 Å². The Balaban J connectivity index is 1.70. The van der Waals surface area contributed by atoms with Crippen LogP contribution in [0.15, 0.2) is 22.7 Å². The van der Waals surface area contributed by atoms with Crippen LogP contribution in [-0.2, 0) is 11.3 Å². The summed E-state index contributed by atoms with van der Waals surface area (Å²) in [4.78, 5) is 13.7. The Bertz CT molecular complexity index is 447. The molecule has 0 spiro atoms. The molecule has 1 heterocycles. The van der Waals surface area contributed by atoms with Crippen molar-refractivity contribution in [3.05, 3.63) is 34.1 Å². The second kappa shape index (κ2) is 7.01. The van der Waals surface area contributed by atoms with E-state index in [1.54, 1.807) is 6.07 Å². The fraction of sp³-hybridized carbons (Fsp3) is 0.500. The van der Waals surface area contributed by atoms with Crippen molar-refractivity contribution in [3.8, 4) is 0 Å². The molecule has 0 unspecified atom stereocenters. The quantitative estimate of drug-likeness (QED) is 0.843. The van der Waals surface area contributed by atoms with Crippen LogP contribution in [0.25, 0.3) is 0 Å². The van der Waals surface area contributed by atoms with Crippen molar-refractivity contribution in [2.24, 2.45) is 0 Å². The predicted octanol–water partition coefficient (Wildman–Crippen LogP) is 2.69. The zero-order valence-corrected chi connectivity index (χ0v) is 12.4. The van der Waals surface area contributed by atoms with Crippen molar-refractivity contribution in [2.75, 3.05) is 19.6 Å². The van der Waals surface area contributed by atoms with Crippen molar-refractivity contribution < 1.29 is 9.18 Å². The van der Waals surface area contributed by atoms with Crippen LogP contribution in [-0.4, -0.2) is 30.4 Å². The van der Waals surface area contributed by atoms with Crippen LogP contribution in [0.1, 0.15) is 24.8 Å². The van der Waals surface area contributed by atoms with Crippen LogP contribution in [0, 0.1) is 5.82 Å². The highest BCUT2D eigenvalue weighted by atomic mass is 79.9. The van der Waals surface area contributed by atoms with E-state index in [-0.39, 0.29) is 11.7 Å². The molecule has 1 N–H and O–H groups in total. The lowest BCUT2D eigenvalue weighted by molar-refractivity contribution is -0.130. The highest BCUT2D eigenvalue weighted by molar-refractivity contribution is 9.10. The molecular formula is C14H18BrFN2O. The Labute approximate surface area is 121 Å². The largest absolute Gasteiger partial charge is 0.343 e. The standard InChI is InChI=1S/C14H18BrFN2O/c15-13-9-12(16)4-3-11(13)10-17-6-5-14(19)18-7-1-2-8-18/h3-4,9,17H,1-2,5-8,10H2. The summed E-state index contributed by atoms with van der Waals surface area (Å²) in [5.74, 6) is -0.0250. The fourth-order valence-electron chi connectivity index (χ4n) is 2.21. The summed E-state index contributed by atoms with van der Waals surface area (Å²) in [6, 6.07) is 4.64. The van der Waals surface area contributed by atoms with E-state index in [0.717, 1.165) is 36.0 Å². The second-order valence-corrected chi connectivity index (χ2v) is 5.60. The van der Waals surface area contributed by atoms with Crippen molar-refractivity contribution in [1.29, 1.82) is 0 Å². The average molecular weight is 329 g/mol. The minimum Gasteiger partial charge on any atom is -0.343 e. The lowest BCUT2D eigenvalue weighted by Gasteiger charge is -2.15. The van der Waals surface area contributed by atoms with Gasteiger partial charge in [0.15, 0.2) is 0 Å². The molecule has 0 bridgehead atoms. The summed E-state index contributed by atoms with van der Waals surface area (Å²) in [7, 11) is 0. The summed E-state index contributed by atoms with van der Waals surface area (Å²) < 4.78 is 13.7. The van der Waals surface area contributed by atoms with Crippen LogP contribution in [0.4, 0.5) is 4.39 Å². The van der Waals surface area contributed by atoms with Gasteiger partial charge in [0, 0.05) is 37.1 Å². The summed E-state index contributed by atoms with van der Waals surface area (Å²) >= 11 is 3.33. The van der Waals surface area contributed by atoms with Gasteiger partial charge in [0.05, 0.1) is 0 Å². The Kier molecular flexibility index (Phi) is 5.34. The van der Waals surface area contributed by atoms with E-state index in [1.807, 2.05) is 4.90 Å². The number of amides is 1. The van der Waals surface area contributed by atoms with E-state index in [4.69, 9.17) is 0 Å². The molecule has 1 aromatic carbocycles. The third-order valence-corrected chi connectivity index (χ3v) is 4.04. The van der Waals surface area contributed by atoms with Gasteiger partial charge in [-0.3, -0.25) is 4.79 Å². The third-order valence-electron chi connectivity index (χ3n) is 3.30. The number of hydrogen-bond acceptors (Lipinski definition) is 2. The Hall–Kier alpha value is -0.940. The van der Waals surface area contributed by atoms with Gasteiger partial charge in [-0.1, -0.05) is 22.0 Å². The number of rotatable bonds is 5. The van der Waals surface area contributed by atoms with Gasteiger partial charge in [-0.05, 0) is 30.5 Å². The summed E-state index contributed by atoms with van der Waals surface area (Å²) in [5, 5.41) is 3.22. The van der Waals surface area contributed by atoms with Gasteiger partial charge in [0.25, 0.3) is 0 Å². The molecule has 2 rings (SSSR count). The molecule has 5 heteroatoms. The molecule has 0 saturated carbocycles. The third kappa shape index (κ3) is 4.28. The molecule has 1 aromatic rings. The molecule has 0 aliphatic carbocycles. The number of carbonyl (C=O) groups is 1. The van der Waals surface area contributed by atoms with Crippen LogP contribution in [0.3, 0.4) is 0 Å². The van der Waals surface area contributed by atoms with Crippen LogP contribution in [0.2, 0.25) is 0 Å². The van der Waals surface area contributed by atoms with Crippen molar-refractivity contribution in [2.45, 2.75) is 25.8 Å². The predicted molar refractivity (Wildman–Crippen MR) is 76.2 cm³/mol. The first kappa shape index (κ1) is 14.5.